The molecule has 11 heteroatoms. The summed E-state index contributed by atoms with van der Waals surface area (Å²) < 4.78 is 20.6. The van der Waals surface area contributed by atoms with Crippen LogP contribution in [0.4, 0.5) is 11.4 Å². The molecule has 0 unspecified atom stereocenters. The number of carbonyl (C=O) groups excluding carboxylic acids is 2. The molecule has 29 heavy (non-hydrogen) atoms. The topological polar surface area (TPSA) is 126 Å². The predicted octanol–water partition coefficient (Wildman–Crippen LogP) is 2.82. The average Bonchev–Trinajstić information content (AvgIpc) is 2.72. The molecule has 0 fully saturated rings. The number of carbonyl (C=O) groups is 2. The minimum Gasteiger partial charge on any atom is -0.496 e. The molecule has 10 nitrogen and oxygen atoms in total. The Morgan fingerprint density at radius 2 is 2.00 bits per heavy atom. The molecule has 0 bridgehead atoms. The molecule has 0 radical (unpaired) electrons. The molecule has 1 aliphatic rings. The van der Waals surface area contributed by atoms with Crippen molar-refractivity contribution in [2.24, 2.45) is 0 Å². The van der Waals surface area contributed by atoms with Crippen molar-refractivity contribution in [3.8, 4) is 17.2 Å². The van der Waals surface area contributed by atoms with Gasteiger partial charge >= 0.3 is 5.97 Å². The highest BCUT2D eigenvalue weighted by Crippen LogP contribution is 2.38. The third kappa shape index (κ3) is 4.66. The first-order valence-electron chi connectivity index (χ1n) is 8.27. The number of benzene rings is 2. The third-order valence-corrected chi connectivity index (χ3v) is 4.12. The molecule has 2 aromatic carbocycles. The smallest absolute Gasteiger partial charge is 0.338 e. The number of halogens is 1. The van der Waals surface area contributed by atoms with Crippen molar-refractivity contribution >= 4 is 34.9 Å². The second kappa shape index (κ2) is 8.65. The number of nitrogens with one attached hydrogen (secondary N) is 1. The van der Waals surface area contributed by atoms with Crippen molar-refractivity contribution in [1.29, 1.82) is 0 Å². The number of nitro groups is 1. The maximum atomic E-state index is 12.2. The van der Waals surface area contributed by atoms with Gasteiger partial charge in [0.1, 0.15) is 24.7 Å². The van der Waals surface area contributed by atoms with Gasteiger partial charge in [0.15, 0.2) is 18.1 Å². The van der Waals surface area contributed by atoms with Crippen LogP contribution >= 0.6 is 11.6 Å². The van der Waals surface area contributed by atoms with E-state index in [4.69, 9.17) is 30.5 Å². The first kappa shape index (κ1) is 20.2. The van der Waals surface area contributed by atoms with Gasteiger partial charge in [0.25, 0.3) is 11.6 Å². The lowest BCUT2D eigenvalue weighted by Gasteiger charge is -2.19. The van der Waals surface area contributed by atoms with Crippen LogP contribution in [0.5, 0.6) is 17.2 Å². The SMILES string of the molecule is COc1ccc(NC(=O)COC(=O)c2cc(Cl)c3c(c2)OCCO3)c([N+](=O)[O-])c1. The molecule has 0 atom stereocenters. The van der Waals surface area contributed by atoms with Crippen molar-refractivity contribution in [3.05, 3.63) is 51.0 Å². The minimum absolute atomic E-state index is 0.0563. The molecule has 1 aliphatic heterocycles. The van der Waals surface area contributed by atoms with Crippen LogP contribution in [0.1, 0.15) is 10.4 Å². The normalized spacial score (nSPS) is 12.1. The highest BCUT2D eigenvalue weighted by molar-refractivity contribution is 6.32. The van der Waals surface area contributed by atoms with Gasteiger partial charge in [0.05, 0.1) is 28.7 Å². The standard InChI is InChI=1S/C18H15ClN2O8/c1-26-11-2-3-13(14(8-11)21(24)25)20-16(22)9-29-18(23)10-6-12(19)17-15(7-10)27-4-5-28-17/h2-3,6-8H,4-5,9H2,1H3,(H,20,22). The number of ether oxygens (including phenoxy) is 4. The van der Waals surface area contributed by atoms with Crippen LogP contribution in [-0.2, 0) is 9.53 Å². The summed E-state index contributed by atoms with van der Waals surface area (Å²) in [6.07, 6.45) is 0. The van der Waals surface area contributed by atoms with E-state index in [0.717, 1.165) is 0 Å². The summed E-state index contributed by atoms with van der Waals surface area (Å²) in [5.41, 5.74) is -0.343. The molecule has 3 rings (SSSR count). The third-order valence-electron chi connectivity index (χ3n) is 3.84. The fourth-order valence-electron chi connectivity index (χ4n) is 2.52. The molecule has 2 aromatic rings. The first-order chi connectivity index (χ1) is 13.9. The summed E-state index contributed by atoms with van der Waals surface area (Å²) in [4.78, 5) is 34.8. The van der Waals surface area contributed by atoms with E-state index < -0.39 is 23.4 Å². The maximum absolute atomic E-state index is 12.2. The Morgan fingerprint density at radius 1 is 1.24 bits per heavy atom. The largest absolute Gasteiger partial charge is 0.496 e. The zero-order chi connectivity index (χ0) is 21.0. The molecule has 0 spiro atoms. The molecule has 0 saturated heterocycles. The van der Waals surface area contributed by atoms with E-state index in [9.17, 15) is 19.7 Å². The van der Waals surface area contributed by atoms with E-state index in [1.165, 1.54) is 37.4 Å². The number of hydrogen-bond acceptors (Lipinski definition) is 8. The number of nitrogens with zero attached hydrogens (tertiary/aromatic N) is 1. The van der Waals surface area contributed by atoms with Crippen LogP contribution < -0.4 is 19.5 Å². The highest BCUT2D eigenvalue weighted by atomic mass is 35.5. The van der Waals surface area contributed by atoms with Gasteiger partial charge in [0.2, 0.25) is 0 Å². The van der Waals surface area contributed by atoms with Crippen LogP contribution in [0.25, 0.3) is 0 Å². The fraction of sp³-hybridized carbons (Fsp3) is 0.222. The predicted molar refractivity (Wildman–Crippen MR) is 101 cm³/mol. The van der Waals surface area contributed by atoms with Gasteiger partial charge in [-0.15, -0.1) is 0 Å². The summed E-state index contributed by atoms with van der Waals surface area (Å²) in [5, 5.41) is 13.7. The number of anilines is 1. The second-order valence-electron chi connectivity index (χ2n) is 5.75. The van der Waals surface area contributed by atoms with Gasteiger partial charge in [-0.2, -0.15) is 0 Å². The second-order valence-corrected chi connectivity index (χ2v) is 6.15. The zero-order valence-corrected chi connectivity index (χ0v) is 15.9. The monoisotopic (exact) mass is 422 g/mol. The molecule has 152 valence electrons. The summed E-state index contributed by atoms with van der Waals surface area (Å²) in [5.74, 6) is -0.678. The number of amides is 1. The molecule has 0 saturated carbocycles. The fourth-order valence-corrected chi connectivity index (χ4v) is 2.79. The van der Waals surface area contributed by atoms with Gasteiger partial charge in [-0.25, -0.2) is 4.79 Å². The first-order valence-corrected chi connectivity index (χ1v) is 8.65. The number of rotatable bonds is 6. The Balaban J connectivity index is 1.65. The van der Waals surface area contributed by atoms with Gasteiger partial charge in [-0.05, 0) is 24.3 Å². The van der Waals surface area contributed by atoms with Gasteiger partial charge < -0.3 is 24.3 Å². The Kier molecular flexibility index (Phi) is 6.03. The summed E-state index contributed by atoms with van der Waals surface area (Å²) in [6, 6.07) is 6.67. The molecule has 0 aromatic heterocycles. The zero-order valence-electron chi connectivity index (χ0n) is 15.1. The van der Waals surface area contributed by atoms with E-state index in [1.54, 1.807) is 0 Å². The van der Waals surface area contributed by atoms with E-state index in [2.05, 4.69) is 5.32 Å². The van der Waals surface area contributed by atoms with Crippen molar-refractivity contribution in [2.45, 2.75) is 0 Å². The van der Waals surface area contributed by atoms with E-state index >= 15 is 0 Å². The van der Waals surface area contributed by atoms with Crippen LogP contribution in [-0.4, -0.2) is 43.7 Å². The molecular weight excluding hydrogens is 408 g/mol. The van der Waals surface area contributed by atoms with E-state index in [0.29, 0.717) is 24.7 Å². The summed E-state index contributed by atoms with van der Waals surface area (Å²) >= 11 is 6.07. The quantitative estimate of drug-likeness (QED) is 0.427. The molecule has 1 amide bonds. The number of hydrogen-bond donors (Lipinski definition) is 1. The number of esters is 1. The summed E-state index contributed by atoms with van der Waals surface area (Å²) in [6.45, 7) is -0.00681. The van der Waals surface area contributed by atoms with Crippen LogP contribution in [0.3, 0.4) is 0 Å². The van der Waals surface area contributed by atoms with Crippen molar-refractivity contribution in [2.75, 3.05) is 32.2 Å². The maximum Gasteiger partial charge on any atom is 0.338 e. The van der Waals surface area contributed by atoms with Gasteiger partial charge in [-0.1, -0.05) is 11.6 Å². The van der Waals surface area contributed by atoms with Gasteiger partial charge in [0, 0.05) is 0 Å². The number of methoxy groups -OCH3 is 1. The van der Waals surface area contributed by atoms with Crippen molar-refractivity contribution < 1.29 is 33.5 Å². The average molecular weight is 423 g/mol. The lowest BCUT2D eigenvalue weighted by molar-refractivity contribution is -0.384. The lowest BCUT2D eigenvalue weighted by atomic mass is 10.2. The minimum atomic E-state index is -0.816. The summed E-state index contributed by atoms with van der Waals surface area (Å²) in [7, 11) is 1.36. The van der Waals surface area contributed by atoms with Crippen LogP contribution in [0.2, 0.25) is 5.02 Å². The Hall–Kier alpha value is -3.53. The van der Waals surface area contributed by atoms with Gasteiger partial charge in [-0.3, -0.25) is 14.9 Å². The Morgan fingerprint density at radius 3 is 2.72 bits per heavy atom. The molecule has 1 heterocycles. The molecular formula is C18H15ClN2O8. The van der Waals surface area contributed by atoms with Crippen molar-refractivity contribution in [3.63, 3.8) is 0 Å². The van der Waals surface area contributed by atoms with Crippen LogP contribution in [0, 0.1) is 10.1 Å². The number of nitro benzene ring substituents is 1. The van der Waals surface area contributed by atoms with E-state index in [-0.39, 0.29) is 27.7 Å². The van der Waals surface area contributed by atoms with Crippen molar-refractivity contribution in [1.82, 2.24) is 0 Å². The van der Waals surface area contributed by atoms with Crippen LogP contribution in [0.15, 0.2) is 30.3 Å². The van der Waals surface area contributed by atoms with E-state index in [1.807, 2.05) is 0 Å². The number of fused-ring (bicyclic) bond motifs is 1. The highest BCUT2D eigenvalue weighted by Gasteiger charge is 2.21. The molecule has 0 aliphatic carbocycles. The Labute approximate surface area is 169 Å². The molecule has 1 N–H and O–H groups in total. The lowest BCUT2D eigenvalue weighted by Crippen LogP contribution is -2.22. The Bertz CT molecular complexity index is 979.